The maximum absolute atomic E-state index is 12.3. The molecular weight excluding hydrogens is 308 g/mol. The van der Waals surface area contributed by atoms with Crippen molar-refractivity contribution < 1.29 is 9.53 Å². The van der Waals surface area contributed by atoms with E-state index in [1.165, 1.54) is 29.1 Å². The second kappa shape index (κ2) is 5.36. The number of carbonyl (C=O) groups excluding carboxylic acids is 1. The summed E-state index contributed by atoms with van der Waals surface area (Å²) in [6.07, 6.45) is 3.43. The Morgan fingerprint density at radius 3 is 3.10 bits per heavy atom. The van der Waals surface area contributed by atoms with Crippen molar-refractivity contribution >= 4 is 28.6 Å². The number of nitrogens with one attached hydrogen (secondary N) is 2. The summed E-state index contributed by atoms with van der Waals surface area (Å²) in [5.41, 5.74) is 1.61. The van der Waals surface area contributed by atoms with E-state index in [-0.39, 0.29) is 11.9 Å². The van der Waals surface area contributed by atoms with Crippen LogP contribution < -0.4 is 15.4 Å². The van der Waals surface area contributed by atoms with Crippen LogP contribution in [0.4, 0.5) is 0 Å². The maximum atomic E-state index is 12.3. The number of nitrogens with zero attached hydrogens (tertiary/aromatic N) is 2. The van der Waals surface area contributed by atoms with Gasteiger partial charge in [-0.25, -0.2) is 0 Å². The highest BCUT2D eigenvalue weighted by molar-refractivity contribution is 7.16. The summed E-state index contributed by atoms with van der Waals surface area (Å²) >= 11 is 2.65. The van der Waals surface area contributed by atoms with Crippen LogP contribution >= 0.6 is 22.7 Å². The van der Waals surface area contributed by atoms with Crippen LogP contribution in [0.5, 0.6) is 10.3 Å². The van der Waals surface area contributed by atoms with Crippen LogP contribution in [0.2, 0.25) is 0 Å². The lowest BCUT2D eigenvalue weighted by Gasteiger charge is -2.20. The molecule has 3 unspecified atom stereocenters. The van der Waals surface area contributed by atoms with Crippen LogP contribution in [-0.4, -0.2) is 34.2 Å². The first-order valence-electron chi connectivity index (χ1n) is 6.89. The molecule has 4 heterocycles. The Labute approximate surface area is 129 Å². The molecule has 0 radical (unpaired) electrons. The van der Waals surface area contributed by atoms with Crippen molar-refractivity contribution in [3.8, 4) is 10.3 Å². The van der Waals surface area contributed by atoms with Crippen LogP contribution in [0, 0.1) is 0 Å². The maximum Gasteiger partial charge on any atom is 0.300 e. The third-order valence-electron chi connectivity index (χ3n) is 3.95. The van der Waals surface area contributed by atoms with Crippen molar-refractivity contribution in [2.24, 2.45) is 0 Å². The van der Waals surface area contributed by atoms with Crippen molar-refractivity contribution in [3.63, 3.8) is 0 Å². The Morgan fingerprint density at radius 2 is 2.38 bits per heavy atom. The number of amides is 1. The molecule has 1 amide bonds. The van der Waals surface area contributed by atoms with Crippen molar-refractivity contribution in [2.75, 3.05) is 0 Å². The fraction of sp³-hybridized carbons (Fsp3) is 0.462. The molecule has 2 saturated heterocycles. The Bertz CT molecular complexity index is 642. The number of fused-ring (bicyclic) bond motifs is 2. The molecule has 4 rings (SSSR count). The Kier molecular flexibility index (Phi) is 3.36. The molecule has 0 saturated carbocycles. The average molecular weight is 322 g/mol. The Balaban J connectivity index is 1.39. The highest BCUT2D eigenvalue weighted by atomic mass is 32.1. The second-order valence-corrected chi connectivity index (χ2v) is 7.13. The Morgan fingerprint density at radius 1 is 1.43 bits per heavy atom. The molecule has 3 atom stereocenters. The lowest BCUT2D eigenvalue weighted by Crippen LogP contribution is -2.42. The van der Waals surface area contributed by atoms with E-state index in [0.29, 0.717) is 27.2 Å². The molecule has 2 aliphatic rings. The van der Waals surface area contributed by atoms with Crippen LogP contribution in [0.1, 0.15) is 28.9 Å². The van der Waals surface area contributed by atoms with Gasteiger partial charge < -0.3 is 15.4 Å². The SMILES string of the molecule is O=C(NC1CC2CCC1N2)c1ccc(Oc2nncs2)s1. The summed E-state index contributed by atoms with van der Waals surface area (Å²) in [4.78, 5) is 12.9. The Hall–Kier alpha value is -1.51. The van der Waals surface area contributed by atoms with E-state index in [9.17, 15) is 4.79 Å². The van der Waals surface area contributed by atoms with Crippen molar-refractivity contribution in [3.05, 3.63) is 22.5 Å². The van der Waals surface area contributed by atoms with Crippen LogP contribution in [-0.2, 0) is 0 Å². The quantitative estimate of drug-likeness (QED) is 0.900. The minimum Gasteiger partial charge on any atom is -0.419 e. The molecule has 110 valence electrons. The molecule has 0 aromatic carbocycles. The summed E-state index contributed by atoms with van der Waals surface area (Å²) in [6, 6.07) is 4.86. The van der Waals surface area contributed by atoms with E-state index in [1.54, 1.807) is 17.6 Å². The molecule has 2 aliphatic heterocycles. The third-order valence-corrected chi connectivity index (χ3v) is 5.48. The number of ether oxygens (including phenoxy) is 1. The third kappa shape index (κ3) is 2.66. The fourth-order valence-corrected chi connectivity index (χ4v) is 4.24. The smallest absolute Gasteiger partial charge is 0.300 e. The van der Waals surface area contributed by atoms with E-state index < -0.39 is 0 Å². The molecule has 2 aromatic rings. The van der Waals surface area contributed by atoms with Crippen molar-refractivity contribution in [1.29, 1.82) is 0 Å². The minimum absolute atomic E-state index is 0.0218. The van der Waals surface area contributed by atoms with Gasteiger partial charge in [-0.2, -0.15) is 0 Å². The van der Waals surface area contributed by atoms with Gasteiger partial charge in [0.2, 0.25) is 0 Å². The summed E-state index contributed by atoms with van der Waals surface area (Å²) in [7, 11) is 0. The van der Waals surface area contributed by atoms with Gasteiger partial charge in [-0.05, 0) is 31.4 Å². The van der Waals surface area contributed by atoms with E-state index >= 15 is 0 Å². The van der Waals surface area contributed by atoms with Crippen molar-refractivity contribution in [2.45, 2.75) is 37.4 Å². The topological polar surface area (TPSA) is 76.1 Å². The zero-order valence-electron chi connectivity index (χ0n) is 11.1. The first-order chi connectivity index (χ1) is 10.3. The van der Waals surface area contributed by atoms with Crippen LogP contribution in [0.15, 0.2) is 17.6 Å². The van der Waals surface area contributed by atoms with Gasteiger partial charge in [-0.15, -0.1) is 5.10 Å². The standard InChI is InChI=1S/C13H14N4O2S2/c18-12(16-9-5-7-1-2-8(9)15-7)10-3-4-11(21-10)19-13-17-14-6-20-13/h3-4,6-9,15H,1-2,5H2,(H,16,18). The second-order valence-electron chi connectivity index (χ2n) is 5.29. The van der Waals surface area contributed by atoms with E-state index in [1.807, 2.05) is 0 Å². The molecule has 21 heavy (non-hydrogen) atoms. The minimum atomic E-state index is -0.0218. The molecule has 2 fully saturated rings. The van der Waals surface area contributed by atoms with Gasteiger partial charge in [0.25, 0.3) is 11.1 Å². The number of rotatable bonds is 4. The first-order valence-corrected chi connectivity index (χ1v) is 8.58. The number of thiophene rings is 1. The predicted octanol–water partition coefficient (Wildman–Crippen LogP) is 2.01. The van der Waals surface area contributed by atoms with Gasteiger partial charge in [0.15, 0.2) is 5.06 Å². The van der Waals surface area contributed by atoms with Crippen molar-refractivity contribution in [1.82, 2.24) is 20.8 Å². The molecule has 0 spiro atoms. The first kappa shape index (κ1) is 13.2. The number of aromatic nitrogens is 2. The largest absolute Gasteiger partial charge is 0.419 e. The molecule has 6 nitrogen and oxygen atoms in total. The predicted molar refractivity (Wildman–Crippen MR) is 80.1 cm³/mol. The van der Waals surface area contributed by atoms with Gasteiger partial charge in [0.1, 0.15) is 5.51 Å². The molecule has 0 aliphatic carbocycles. The fourth-order valence-electron chi connectivity index (χ4n) is 3.01. The lowest BCUT2D eigenvalue weighted by molar-refractivity contribution is 0.0935. The number of hydrogen-bond acceptors (Lipinski definition) is 7. The molecule has 2 N–H and O–H groups in total. The molecule has 2 bridgehead atoms. The highest BCUT2D eigenvalue weighted by Gasteiger charge is 2.39. The molecule has 8 heteroatoms. The summed E-state index contributed by atoms with van der Waals surface area (Å²) in [6.45, 7) is 0. The summed E-state index contributed by atoms with van der Waals surface area (Å²) < 4.78 is 5.54. The van der Waals surface area contributed by atoms with Gasteiger partial charge in [-0.3, -0.25) is 4.79 Å². The van der Waals surface area contributed by atoms with Crippen LogP contribution in [0.25, 0.3) is 0 Å². The van der Waals surface area contributed by atoms with Gasteiger partial charge >= 0.3 is 0 Å². The van der Waals surface area contributed by atoms with Gasteiger partial charge in [0, 0.05) is 18.1 Å². The molecule has 2 aromatic heterocycles. The van der Waals surface area contributed by atoms with Crippen LogP contribution in [0.3, 0.4) is 0 Å². The molecular formula is C13H14N4O2S2. The van der Waals surface area contributed by atoms with Gasteiger partial charge in [-0.1, -0.05) is 27.8 Å². The van der Waals surface area contributed by atoms with Gasteiger partial charge in [0.05, 0.1) is 4.88 Å². The van der Waals surface area contributed by atoms with E-state index in [0.717, 1.165) is 12.8 Å². The highest BCUT2D eigenvalue weighted by Crippen LogP contribution is 2.31. The zero-order chi connectivity index (χ0) is 14.2. The summed E-state index contributed by atoms with van der Waals surface area (Å²) in [5.74, 6) is -0.0218. The zero-order valence-corrected chi connectivity index (χ0v) is 12.7. The lowest BCUT2D eigenvalue weighted by atomic mass is 9.95. The average Bonchev–Trinajstić information content (AvgIpc) is 3.24. The number of carbonyl (C=O) groups is 1. The van der Waals surface area contributed by atoms with E-state index in [4.69, 9.17) is 4.74 Å². The van der Waals surface area contributed by atoms with E-state index in [2.05, 4.69) is 20.8 Å². The normalized spacial score (nSPS) is 27.0. The number of hydrogen-bond donors (Lipinski definition) is 2. The monoisotopic (exact) mass is 322 g/mol. The summed E-state index contributed by atoms with van der Waals surface area (Å²) in [5, 5.41) is 15.3.